The van der Waals surface area contributed by atoms with E-state index in [4.69, 9.17) is 10.2 Å². The average Bonchev–Trinajstić information content (AvgIpc) is 2.63. The molecule has 0 saturated heterocycles. The van der Waals surface area contributed by atoms with E-state index in [-0.39, 0.29) is 0 Å². The van der Waals surface area contributed by atoms with Crippen LogP contribution < -0.4 is 5.73 Å². The summed E-state index contributed by atoms with van der Waals surface area (Å²) in [6.45, 7) is 4.36. The van der Waals surface area contributed by atoms with Gasteiger partial charge < -0.3 is 10.2 Å². The standard InChI is InChI=1S/C11H13N3OS/c1-7-3-9(5-12)4-10(13-7)16-11-14-8(2)6-15-11/h3-4,6H,5,12H2,1-2H3. The summed E-state index contributed by atoms with van der Waals surface area (Å²) in [5.74, 6) is 0. The van der Waals surface area contributed by atoms with Gasteiger partial charge in [-0.25, -0.2) is 9.97 Å². The smallest absolute Gasteiger partial charge is 0.262 e. The summed E-state index contributed by atoms with van der Waals surface area (Å²) < 4.78 is 5.26. The van der Waals surface area contributed by atoms with Crippen molar-refractivity contribution in [3.05, 3.63) is 35.3 Å². The van der Waals surface area contributed by atoms with Crippen LogP contribution in [0.5, 0.6) is 0 Å². The lowest BCUT2D eigenvalue weighted by atomic mass is 10.2. The lowest BCUT2D eigenvalue weighted by molar-refractivity contribution is 0.453. The highest BCUT2D eigenvalue weighted by molar-refractivity contribution is 7.99. The van der Waals surface area contributed by atoms with Gasteiger partial charge in [0, 0.05) is 12.2 Å². The van der Waals surface area contributed by atoms with E-state index in [1.54, 1.807) is 6.26 Å². The number of nitrogens with zero attached hydrogens (tertiary/aromatic N) is 2. The summed E-state index contributed by atoms with van der Waals surface area (Å²) >= 11 is 1.41. The van der Waals surface area contributed by atoms with Crippen molar-refractivity contribution in [2.45, 2.75) is 30.6 Å². The van der Waals surface area contributed by atoms with Crippen molar-refractivity contribution in [2.75, 3.05) is 0 Å². The third kappa shape index (κ3) is 2.62. The van der Waals surface area contributed by atoms with Crippen molar-refractivity contribution < 1.29 is 4.42 Å². The van der Waals surface area contributed by atoms with Gasteiger partial charge in [0.05, 0.1) is 5.69 Å². The average molecular weight is 235 g/mol. The van der Waals surface area contributed by atoms with Crippen LogP contribution in [-0.4, -0.2) is 9.97 Å². The predicted octanol–water partition coefficient (Wildman–Crippen LogP) is 2.30. The van der Waals surface area contributed by atoms with Gasteiger partial charge in [0.2, 0.25) is 0 Å². The molecule has 0 radical (unpaired) electrons. The second kappa shape index (κ2) is 4.67. The molecule has 2 rings (SSSR count). The molecule has 2 heterocycles. The van der Waals surface area contributed by atoms with Crippen LogP contribution in [0.4, 0.5) is 0 Å². The lowest BCUT2D eigenvalue weighted by Gasteiger charge is -2.02. The maximum Gasteiger partial charge on any atom is 0.262 e. The van der Waals surface area contributed by atoms with Gasteiger partial charge in [-0.1, -0.05) is 0 Å². The van der Waals surface area contributed by atoms with Gasteiger partial charge in [-0.2, -0.15) is 0 Å². The summed E-state index contributed by atoms with van der Waals surface area (Å²) in [5, 5.41) is 1.47. The lowest BCUT2D eigenvalue weighted by Crippen LogP contribution is -1.98. The van der Waals surface area contributed by atoms with Crippen molar-refractivity contribution in [1.29, 1.82) is 0 Å². The zero-order valence-corrected chi connectivity index (χ0v) is 10.0. The number of rotatable bonds is 3. The van der Waals surface area contributed by atoms with Crippen molar-refractivity contribution in [3.8, 4) is 0 Å². The van der Waals surface area contributed by atoms with Crippen LogP contribution in [0.15, 0.2) is 33.1 Å². The molecule has 0 amide bonds. The summed E-state index contributed by atoms with van der Waals surface area (Å²) in [6.07, 6.45) is 1.63. The molecule has 0 fully saturated rings. The Morgan fingerprint density at radius 1 is 1.25 bits per heavy atom. The molecule has 0 spiro atoms. The van der Waals surface area contributed by atoms with E-state index in [1.807, 2.05) is 26.0 Å². The van der Waals surface area contributed by atoms with E-state index in [0.29, 0.717) is 11.8 Å². The van der Waals surface area contributed by atoms with Crippen LogP contribution in [0, 0.1) is 13.8 Å². The predicted molar refractivity (Wildman–Crippen MR) is 62.2 cm³/mol. The Kier molecular flexibility index (Phi) is 3.26. The van der Waals surface area contributed by atoms with E-state index in [9.17, 15) is 0 Å². The fraction of sp³-hybridized carbons (Fsp3) is 0.273. The number of hydrogen-bond donors (Lipinski definition) is 1. The second-order valence-corrected chi connectivity index (χ2v) is 4.49. The molecule has 16 heavy (non-hydrogen) atoms. The Balaban J connectivity index is 2.24. The van der Waals surface area contributed by atoms with Gasteiger partial charge >= 0.3 is 0 Å². The van der Waals surface area contributed by atoms with Crippen LogP contribution in [-0.2, 0) is 6.54 Å². The molecule has 0 aliphatic rings. The molecule has 0 bridgehead atoms. The Morgan fingerprint density at radius 3 is 2.69 bits per heavy atom. The number of aromatic nitrogens is 2. The van der Waals surface area contributed by atoms with E-state index in [0.717, 1.165) is 22.0 Å². The zero-order valence-electron chi connectivity index (χ0n) is 9.23. The van der Waals surface area contributed by atoms with Gasteiger partial charge in [0.25, 0.3) is 5.22 Å². The molecule has 5 heteroatoms. The monoisotopic (exact) mass is 235 g/mol. The quantitative estimate of drug-likeness (QED) is 0.884. The number of nitrogens with two attached hydrogens (primary N) is 1. The van der Waals surface area contributed by atoms with E-state index in [2.05, 4.69) is 9.97 Å². The Hall–Kier alpha value is -1.33. The summed E-state index contributed by atoms with van der Waals surface area (Å²) in [6, 6.07) is 3.93. The third-order valence-corrected chi connectivity index (χ3v) is 2.80. The highest BCUT2D eigenvalue weighted by Crippen LogP contribution is 2.26. The van der Waals surface area contributed by atoms with Crippen molar-refractivity contribution >= 4 is 11.8 Å². The number of hydrogen-bond acceptors (Lipinski definition) is 5. The Labute approximate surface area is 98.3 Å². The summed E-state index contributed by atoms with van der Waals surface area (Å²) in [7, 11) is 0. The van der Waals surface area contributed by atoms with Crippen LogP contribution in [0.2, 0.25) is 0 Å². The fourth-order valence-corrected chi connectivity index (χ4v) is 2.21. The van der Waals surface area contributed by atoms with E-state index < -0.39 is 0 Å². The van der Waals surface area contributed by atoms with Gasteiger partial charge in [-0.3, -0.25) is 0 Å². The topological polar surface area (TPSA) is 64.9 Å². The minimum atomic E-state index is 0.515. The molecule has 0 aliphatic heterocycles. The number of oxazole rings is 1. The van der Waals surface area contributed by atoms with Crippen molar-refractivity contribution in [3.63, 3.8) is 0 Å². The van der Waals surface area contributed by atoms with Gasteiger partial charge in [-0.15, -0.1) is 0 Å². The van der Waals surface area contributed by atoms with Gasteiger partial charge in [-0.05, 0) is 43.3 Å². The zero-order chi connectivity index (χ0) is 11.5. The van der Waals surface area contributed by atoms with Crippen LogP contribution in [0.1, 0.15) is 17.0 Å². The molecule has 0 atom stereocenters. The molecular weight excluding hydrogens is 222 g/mol. The summed E-state index contributed by atoms with van der Waals surface area (Å²) in [5.41, 5.74) is 8.50. The molecule has 0 aromatic carbocycles. The molecule has 84 valence electrons. The Bertz CT molecular complexity index is 496. The first-order valence-electron chi connectivity index (χ1n) is 4.95. The Morgan fingerprint density at radius 2 is 2.06 bits per heavy atom. The molecule has 2 N–H and O–H groups in total. The summed E-state index contributed by atoms with van der Waals surface area (Å²) in [4.78, 5) is 8.61. The minimum absolute atomic E-state index is 0.515. The van der Waals surface area contributed by atoms with Gasteiger partial charge in [0.1, 0.15) is 11.3 Å². The van der Waals surface area contributed by atoms with Gasteiger partial charge in [0.15, 0.2) is 0 Å². The maximum absolute atomic E-state index is 5.61. The maximum atomic E-state index is 5.61. The van der Waals surface area contributed by atoms with E-state index >= 15 is 0 Å². The fourth-order valence-electron chi connectivity index (χ4n) is 1.35. The third-order valence-electron chi connectivity index (χ3n) is 2.02. The molecule has 0 unspecified atom stereocenters. The molecule has 2 aromatic heterocycles. The normalized spacial score (nSPS) is 10.7. The SMILES string of the molecule is Cc1cc(CN)cc(Sc2nc(C)co2)n1. The van der Waals surface area contributed by atoms with Crippen LogP contribution >= 0.6 is 11.8 Å². The first kappa shape index (κ1) is 11.2. The van der Waals surface area contributed by atoms with Crippen LogP contribution in [0.25, 0.3) is 0 Å². The molecule has 2 aromatic rings. The largest absolute Gasteiger partial charge is 0.439 e. The molecular formula is C11H13N3OS. The highest BCUT2D eigenvalue weighted by atomic mass is 32.2. The highest BCUT2D eigenvalue weighted by Gasteiger charge is 2.06. The molecule has 0 saturated carbocycles. The number of pyridine rings is 1. The first-order chi connectivity index (χ1) is 7.67. The van der Waals surface area contributed by atoms with Crippen molar-refractivity contribution in [1.82, 2.24) is 9.97 Å². The first-order valence-corrected chi connectivity index (χ1v) is 5.76. The second-order valence-electron chi connectivity index (χ2n) is 3.52. The number of aryl methyl sites for hydroxylation is 2. The minimum Gasteiger partial charge on any atom is -0.439 e. The molecule has 4 nitrogen and oxygen atoms in total. The van der Waals surface area contributed by atoms with Crippen molar-refractivity contribution in [2.24, 2.45) is 5.73 Å². The molecule has 0 aliphatic carbocycles. The van der Waals surface area contributed by atoms with Crippen LogP contribution in [0.3, 0.4) is 0 Å². The van der Waals surface area contributed by atoms with E-state index in [1.165, 1.54) is 11.8 Å².